The summed E-state index contributed by atoms with van der Waals surface area (Å²) in [6.45, 7) is 1.91. The van der Waals surface area contributed by atoms with Crippen LogP contribution in [0.25, 0.3) is 11.0 Å². The Hall–Kier alpha value is -3.28. The molecule has 2 amide bonds. The molecule has 4 rings (SSSR count). The molecule has 1 fully saturated rings. The molecule has 27 heavy (non-hydrogen) atoms. The minimum Gasteiger partial charge on any atom is -0.344 e. The van der Waals surface area contributed by atoms with Crippen molar-refractivity contribution < 1.29 is 9.59 Å². The second-order valence-corrected chi connectivity index (χ2v) is 6.82. The Balaban J connectivity index is 1.41. The summed E-state index contributed by atoms with van der Waals surface area (Å²) in [6, 6.07) is 14.8. The maximum absolute atomic E-state index is 12.5. The zero-order valence-electron chi connectivity index (χ0n) is 15.0. The molecule has 1 saturated carbocycles. The van der Waals surface area contributed by atoms with Crippen LogP contribution in [0.15, 0.2) is 54.7 Å². The van der Waals surface area contributed by atoms with Gasteiger partial charge in [0.2, 0.25) is 5.91 Å². The molecule has 1 unspecified atom stereocenters. The summed E-state index contributed by atoms with van der Waals surface area (Å²) in [6.07, 6.45) is 3.44. The third-order valence-electron chi connectivity index (χ3n) is 4.66. The van der Waals surface area contributed by atoms with Crippen LogP contribution in [0, 0.1) is 5.92 Å². The van der Waals surface area contributed by atoms with Gasteiger partial charge in [0.25, 0.3) is 5.91 Å². The highest BCUT2D eigenvalue weighted by molar-refractivity contribution is 5.94. The van der Waals surface area contributed by atoms with E-state index in [9.17, 15) is 9.59 Å². The first-order valence-electron chi connectivity index (χ1n) is 9.03. The molecule has 2 aromatic carbocycles. The Morgan fingerprint density at radius 2 is 1.74 bits per heavy atom. The highest BCUT2D eigenvalue weighted by Crippen LogP contribution is 2.30. The van der Waals surface area contributed by atoms with Crippen LogP contribution in [0.4, 0.5) is 5.69 Å². The summed E-state index contributed by atoms with van der Waals surface area (Å²) in [5.41, 5.74) is 3.45. The zero-order valence-corrected chi connectivity index (χ0v) is 15.0. The number of anilines is 1. The lowest BCUT2D eigenvalue weighted by atomic mass is 10.1. The summed E-state index contributed by atoms with van der Waals surface area (Å²) in [4.78, 5) is 33.0. The monoisotopic (exact) mass is 360 g/mol. The van der Waals surface area contributed by atoms with Crippen molar-refractivity contribution in [3.63, 3.8) is 0 Å². The van der Waals surface area contributed by atoms with E-state index in [1.54, 1.807) is 0 Å². The van der Waals surface area contributed by atoms with E-state index in [1.807, 2.05) is 55.5 Å². The first-order valence-corrected chi connectivity index (χ1v) is 9.03. The van der Waals surface area contributed by atoms with Crippen molar-refractivity contribution in [2.75, 3.05) is 5.32 Å². The number of rotatable bonds is 5. The molecule has 6 heteroatoms. The molecule has 0 radical (unpaired) electrons. The molecule has 1 aliphatic rings. The highest BCUT2D eigenvalue weighted by Gasteiger charge is 2.29. The molecule has 0 bridgehead atoms. The summed E-state index contributed by atoms with van der Waals surface area (Å²) < 4.78 is 0. The van der Waals surface area contributed by atoms with E-state index in [4.69, 9.17) is 0 Å². The van der Waals surface area contributed by atoms with Crippen LogP contribution in [0.5, 0.6) is 0 Å². The number of carbonyl (C=O) groups excluding carboxylic acids is 2. The lowest BCUT2D eigenvalue weighted by Crippen LogP contribution is -2.27. The number of hydrogen-bond acceptors (Lipinski definition) is 4. The van der Waals surface area contributed by atoms with Gasteiger partial charge in [0.15, 0.2) is 0 Å². The molecular weight excluding hydrogens is 340 g/mol. The molecular formula is C21H20N4O2. The second kappa shape index (κ2) is 7.15. The van der Waals surface area contributed by atoms with E-state index in [0.717, 1.165) is 29.6 Å². The molecule has 0 saturated heterocycles. The number of benzene rings is 2. The van der Waals surface area contributed by atoms with E-state index < -0.39 is 0 Å². The second-order valence-electron chi connectivity index (χ2n) is 6.82. The van der Waals surface area contributed by atoms with E-state index >= 15 is 0 Å². The normalized spacial score (nSPS) is 14.6. The SMILES string of the molecule is CC(NC(=O)c1cnc2ccccc2n1)c1ccc(NC(=O)C2CC2)cc1. The standard InChI is InChI=1S/C21H20N4O2/c1-13(14-8-10-16(11-9-14)24-20(26)15-6-7-15)23-21(27)19-12-22-17-4-2-3-5-18(17)25-19/h2-5,8-13,15H,6-7H2,1H3,(H,23,27)(H,24,26). The van der Waals surface area contributed by atoms with Gasteiger partial charge in [0.1, 0.15) is 5.69 Å². The van der Waals surface area contributed by atoms with Gasteiger partial charge in [-0.1, -0.05) is 24.3 Å². The van der Waals surface area contributed by atoms with Gasteiger partial charge >= 0.3 is 0 Å². The first-order chi connectivity index (χ1) is 13.1. The Bertz CT molecular complexity index is 996. The third kappa shape index (κ3) is 3.95. The summed E-state index contributed by atoms with van der Waals surface area (Å²) in [5, 5.41) is 5.85. The highest BCUT2D eigenvalue weighted by atomic mass is 16.2. The fourth-order valence-electron chi connectivity index (χ4n) is 2.87. The van der Waals surface area contributed by atoms with Crippen molar-refractivity contribution in [3.8, 4) is 0 Å². The smallest absolute Gasteiger partial charge is 0.271 e. The van der Waals surface area contributed by atoms with Crippen LogP contribution in [0.3, 0.4) is 0 Å². The average molecular weight is 360 g/mol. The van der Waals surface area contributed by atoms with Crippen molar-refractivity contribution in [1.82, 2.24) is 15.3 Å². The molecule has 2 N–H and O–H groups in total. The number of hydrogen-bond donors (Lipinski definition) is 2. The van der Waals surface area contributed by atoms with Gasteiger partial charge in [-0.15, -0.1) is 0 Å². The van der Waals surface area contributed by atoms with Gasteiger partial charge in [-0.3, -0.25) is 14.6 Å². The Morgan fingerprint density at radius 1 is 1.04 bits per heavy atom. The topological polar surface area (TPSA) is 84.0 Å². The number of aromatic nitrogens is 2. The number of carbonyl (C=O) groups is 2. The van der Waals surface area contributed by atoms with Gasteiger partial charge in [0.05, 0.1) is 23.3 Å². The Kier molecular flexibility index (Phi) is 4.54. The average Bonchev–Trinajstić information content (AvgIpc) is 3.53. The Labute approximate surface area is 157 Å². The van der Waals surface area contributed by atoms with Crippen LogP contribution < -0.4 is 10.6 Å². The first kappa shape index (κ1) is 17.1. The number of nitrogens with zero attached hydrogens (tertiary/aromatic N) is 2. The van der Waals surface area contributed by atoms with Crippen LogP contribution in [0.2, 0.25) is 0 Å². The maximum atomic E-state index is 12.5. The molecule has 0 spiro atoms. The van der Waals surface area contributed by atoms with Crippen molar-refractivity contribution >= 4 is 28.5 Å². The molecule has 1 atom stereocenters. The molecule has 1 aromatic heterocycles. The van der Waals surface area contributed by atoms with Gasteiger partial charge in [0, 0.05) is 11.6 Å². The van der Waals surface area contributed by atoms with Gasteiger partial charge in [-0.25, -0.2) is 4.98 Å². The van der Waals surface area contributed by atoms with Crippen LogP contribution in [0.1, 0.15) is 41.9 Å². The fraction of sp³-hybridized carbons (Fsp3) is 0.238. The van der Waals surface area contributed by atoms with Crippen molar-refractivity contribution in [2.24, 2.45) is 5.92 Å². The van der Waals surface area contributed by atoms with Gasteiger partial charge in [-0.05, 0) is 49.6 Å². The van der Waals surface area contributed by atoms with Crippen molar-refractivity contribution in [2.45, 2.75) is 25.8 Å². The van der Waals surface area contributed by atoms with Crippen LogP contribution >= 0.6 is 0 Å². The van der Waals surface area contributed by atoms with Crippen LogP contribution in [-0.2, 0) is 4.79 Å². The minimum absolute atomic E-state index is 0.0824. The summed E-state index contributed by atoms with van der Waals surface area (Å²) in [5.74, 6) is -0.0169. The van der Waals surface area contributed by atoms with Crippen LogP contribution in [-0.4, -0.2) is 21.8 Å². The van der Waals surface area contributed by atoms with E-state index in [0.29, 0.717) is 5.52 Å². The quantitative estimate of drug-likeness (QED) is 0.730. The molecule has 0 aliphatic heterocycles. The van der Waals surface area contributed by atoms with E-state index in [2.05, 4.69) is 20.6 Å². The molecule has 6 nitrogen and oxygen atoms in total. The number of amides is 2. The lowest BCUT2D eigenvalue weighted by Gasteiger charge is -2.15. The molecule has 136 valence electrons. The van der Waals surface area contributed by atoms with Crippen molar-refractivity contribution in [1.29, 1.82) is 0 Å². The summed E-state index contributed by atoms with van der Waals surface area (Å²) in [7, 11) is 0. The third-order valence-corrected chi connectivity index (χ3v) is 4.66. The molecule has 3 aromatic rings. The Morgan fingerprint density at radius 3 is 2.44 bits per heavy atom. The van der Waals surface area contributed by atoms with E-state index in [1.165, 1.54) is 6.20 Å². The van der Waals surface area contributed by atoms with Crippen molar-refractivity contribution in [3.05, 3.63) is 66.0 Å². The maximum Gasteiger partial charge on any atom is 0.271 e. The van der Waals surface area contributed by atoms with Gasteiger partial charge < -0.3 is 10.6 Å². The van der Waals surface area contributed by atoms with E-state index in [-0.39, 0.29) is 29.5 Å². The molecule has 1 heterocycles. The predicted octanol–water partition coefficient (Wildman–Crippen LogP) is 3.47. The molecule has 1 aliphatic carbocycles. The minimum atomic E-state index is -0.271. The number of fused-ring (bicyclic) bond motifs is 1. The summed E-state index contributed by atoms with van der Waals surface area (Å²) >= 11 is 0. The lowest BCUT2D eigenvalue weighted by molar-refractivity contribution is -0.117. The fourth-order valence-corrected chi connectivity index (χ4v) is 2.87. The number of nitrogens with one attached hydrogen (secondary N) is 2. The largest absolute Gasteiger partial charge is 0.344 e. The number of para-hydroxylation sites is 2. The zero-order chi connectivity index (χ0) is 18.8. The van der Waals surface area contributed by atoms with Gasteiger partial charge in [-0.2, -0.15) is 0 Å². The predicted molar refractivity (Wildman–Crippen MR) is 103 cm³/mol.